The molecule has 13 aliphatic rings. The van der Waals surface area contributed by atoms with E-state index in [1.807, 2.05) is 62.3 Å². The van der Waals surface area contributed by atoms with Crippen molar-refractivity contribution in [3.63, 3.8) is 0 Å². The number of hydrogen-bond acceptors (Lipinski definition) is 21. The molecule has 21 atom stereocenters. The van der Waals surface area contributed by atoms with Crippen molar-refractivity contribution in [2.24, 2.45) is 35.5 Å². The number of allylic oxidation sites excluding steroid dienone is 3. The van der Waals surface area contributed by atoms with Gasteiger partial charge in [0.1, 0.15) is 88.4 Å². The van der Waals surface area contributed by atoms with E-state index in [1.165, 1.54) is 48.2 Å². The molecule has 1 aromatic rings. The number of likely N-dealkylation sites (N-methyl/N-ethyl adjacent to an activating group) is 1. The molecule has 27 nitrogen and oxygen atoms in total. The number of piperazine rings is 2. The summed E-state index contributed by atoms with van der Waals surface area (Å²) >= 11 is 0. The zero-order chi connectivity index (χ0) is 85.0. The van der Waals surface area contributed by atoms with Gasteiger partial charge in [-0.3, -0.25) is 19.3 Å². The van der Waals surface area contributed by atoms with Gasteiger partial charge in [-0.2, -0.15) is 0 Å². The van der Waals surface area contributed by atoms with E-state index in [9.17, 15) is 28.8 Å². The van der Waals surface area contributed by atoms with Gasteiger partial charge in [0.15, 0.2) is 0 Å². The van der Waals surface area contributed by atoms with E-state index in [0.29, 0.717) is 71.3 Å². The molecule has 0 bridgehead atoms. The highest BCUT2D eigenvalue weighted by Gasteiger charge is 2.75. The first-order valence-corrected chi connectivity index (χ1v) is 44.5. The molecular formula is C91H145N9O18. The lowest BCUT2D eigenvalue weighted by atomic mass is 9.68. The van der Waals surface area contributed by atoms with Crippen LogP contribution in [0, 0.1) is 35.5 Å². The third-order valence-corrected chi connectivity index (χ3v) is 28.3. The Morgan fingerprint density at radius 1 is 0.449 bits per heavy atom. The number of alkyl carbamates (subject to hydrolysis) is 3. The first kappa shape index (κ1) is 91.4. The molecule has 13 fully saturated rings. The predicted molar refractivity (Wildman–Crippen MR) is 447 cm³/mol. The van der Waals surface area contributed by atoms with Crippen LogP contribution in [0.2, 0.25) is 0 Å². The summed E-state index contributed by atoms with van der Waals surface area (Å²) in [6.07, 6.45) is 14.2. The summed E-state index contributed by atoms with van der Waals surface area (Å²) in [5.41, 5.74) is 3.05. The second-order valence-electron chi connectivity index (χ2n) is 38.6. The van der Waals surface area contributed by atoms with Crippen molar-refractivity contribution in [3.05, 3.63) is 70.8 Å². The Kier molecular flexibility index (Phi) is 29.8. The first-order valence-electron chi connectivity index (χ1n) is 44.5. The molecule has 1 aromatic carbocycles. The van der Waals surface area contributed by atoms with Crippen LogP contribution in [0.3, 0.4) is 0 Å². The number of benzene rings is 1. The second kappa shape index (κ2) is 38.5. The summed E-state index contributed by atoms with van der Waals surface area (Å²) in [5.74, 6) is -0.427. The summed E-state index contributed by atoms with van der Waals surface area (Å²) in [6, 6.07) is 9.05. The van der Waals surface area contributed by atoms with Gasteiger partial charge in [0, 0.05) is 99.4 Å². The topological polar surface area (TPSA) is 289 Å². The highest BCUT2D eigenvalue weighted by molar-refractivity contribution is 5.87. The van der Waals surface area contributed by atoms with E-state index in [4.69, 9.17) is 56.8 Å². The lowest BCUT2D eigenvalue weighted by molar-refractivity contribution is -0.137. The Bertz CT molecular complexity index is 3660. The second-order valence-corrected chi connectivity index (χ2v) is 38.6. The van der Waals surface area contributed by atoms with Crippen LogP contribution in [0.1, 0.15) is 193 Å². The lowest BCUT2D eigenvalue weighted by Crippen LogP contribution is -2.58. The van der Waals surface area contributed by atoms with E-state index < -0.39 is 60.3 Å². The van der Waals surface area contributed by atoms with Crippen LogP contribution >= 0.6 is 0 Å². The minimum absolute atomic E-state index is 0.0111. The fourth-order valence-electron chi connectivity index (χ4n) is 20.8. The molecule has 3 N–H and O–H groups in total. The Balaban J connectivity index is 0.000000163. The lowest BCUT2D eigenvalue weighted by Gasteiger charge is -2.43. The van der Waals surface area contributed by atoms with Crippen LogP contribution in [-0.4, -0.2) is 305 Å². The van der Waals surface area contributed by atoms with Gasteiger partial charge in [-0.25, -0.2) is 14.4 Å². The van der Waals surface area contributed by atoms with E-state index >= 15 is 0 Å². The Morgan fingerprint density at radius 2 is 0.763 bits per heavy atom. The van der Waals surface area contributed by atoms with Crippen LogP contribution in [0.5, 0.6) is 0 Å². The van der Waals surface area contributed by atoms with Crippen LogP contribution < -0.4 is 16.0 Å². The maximum Gasteiger partial charge on any atom is 0.408 e. The van der Waals surface area contributed by atoms with E-state index in [1.54, 1.807) is 21.3 Å². The van der Waals surface area contributed by atoms with Gasteiger partial charge in [0.05, 0.1) is 55.9 Å². The van der Waals surface area contributed by atoms with Gasteiger partial charge >= 0.3 is 18.3 Å². The largest absolute Gasteiger partial charge is 0.443 e. The molecule has 3 spiro atoms. The number of nitrogens with zero attached hydrogens (tertiary/aromatic N) is 6. The van der Waals surface area contributed by atoms with Crippen molar-refractivity contribution in [1.29, 1.82) is 0 Å². The molecule has 3 aliphatic carbocycles. The molecule has 3 unspecified atom stereocenters. The van der Waals surface area contributed by atoms with Crippen LogP contribution in [-0.2, 0) is 77.8 Å². The zero-order valence-corrected chi connectivity index (χ0v) is 74.6. The summed E-state index contributed by atoms with van der Waals surface area (Å²) in [7, 11) is 7.06. The number of nitrogens with one attached hydrogen (secondary N) is 3. The summed E-state index contributed by atoms with van der Waals surface area (Å²) in [5, 5.41) is 8.71. The fraction of sp³-hybridized carbons (Fsp3) is 0.802. The van der Waals surface area contributed by atoms with E-state index in [-0.39, 0.29) is 118 Å². The SMILES string of the molecule is CO[C@@H]1[C@H](OC(=O)N[C@@H](C(=O)N2CCC(N3CCCC3)CC2)C(C)C)CC[C@]2(CO2)[C@H]1[C@@]1(C)OC1CC=C(C)C.CO[C@@H]1[C@H](OC(=O)N[C@@H](C(=O)N2CCN(C)CC2)C(C)C)CC[C@]2(CO2)[C@H]1[C@@]1(C)OC1CC=C(C)C.CO[C@@H]1[C@H](OC(=O)N[C@@H](C(=O)N2CCN(Cc3ccccc3)CC2)C(C)C)CC[C@]2(CO2)[C@H]1[C@@]1(C)OC1CC=C(C)C. The first-order chi connectivity index (χ1) is 56.1. The minimum Gasteiger partial charge on any atom is -0.443 e. The molecule has 3 saturated carbocycles. The highest BCUT2D eigenvalue weighted by atomic mass is 16.7. The van der Waals surface area contributed by atoms with E-state index in [0.717, 1.165) is 97.2 Å². The normalized spacial score (nSPS) is 35.6. The maximum atomic E-state index is 13.6. The number of epoxide rings is 6. The van der Waals surface area contributed by atoms with Gasteiger partial charge in [-0.1, -0.05) is 107 Å². The number of methoxy groups -OCH3 is 3. The Morgan fingerprint density at radius 3 is 1.06 bits per heavy atom. The fourth-order valence-corrected chi connectivity index (χ4v) is 20.8. The maximum absolute atomic E-state index is 13.6. The van der Waals surface area contributed by atoms with Gasteiger partial charge < -0.3 is 97.3 Å². The third-order valence-electron chi connectivity index (χ3n) is 28.3. The molecule has 0 radical (unpaired) electrons. The smallest absolute Gasteiger partial charge is 0.408 e. The monoisotopic (exact) mass is 1650 g/mol. The number of ether oxygens (including phenoxy) is 12. The molecule has 118 heavy (non-hydrogen) atoms. The number of rotatable bonds is 27. The number of likely N-dealkylation sites (tertiary alicyclic amines) is 2. The molecular weight excluding hydrogens is 1510 g/mol. The minimum atomic E-state index is -0.658. The average Bonchev–Trinajstić information content (AvgIpc) is 1.54. The van der Waals surface area contributed by atoms with Crippen molar-refractivity contribution in [2.45, 2.75) is 307 Å². The van der Waals surface area contributed by atoms with Gasteiger partial charge in [0.25, 0.3) is 0 Å². The molecule has 0 aromatic heterocycles. The molecule has 10 saturated heterocycles. The van der Waals surface area contributed by atoms with Gasteiger partial charge in [-0.05, 0) is 189 Å². The third kappa shape index (κ3) is 21.3. The Labute approximate surface area is 703 Å². The number of hydrogen-bond donors (Lipinski definition) is 3. The van der Waals surface area contributed by atoms with Crippen molar-refractivity contribution in [1.82, 2.24) is 45.3 Å². The van der Waals surface area contributed by atoms with Crippen molar-refractivity contribution in [2.75, 3.05) is 127 Å². The number of carbonyl (C=O) groups is 6. The standard InChI is InChI=1S/C33H49N3O6.C31H51N3O6.C27H45N3O6/c1-22(2)12-13-26-32(5,42-26)29-28(39-6)25(14-15-33(29)21-40-33)41-31(38)34-27(23(3)4)30(37)36-18-16-35(17-19-36)20-24-10-8-7-9-11-24;1-20(2)9-10-24-30(5,40-24)27-26(37-6)23(11-14-31(27)19-38-31)39-29(36)32-25(21(3)4)28(35)34-17-12-22(13-18-34)33-15-7-8-16-33;1-17(2)8-9-20-26(5,36-20)23-22(33-7)19(10-11-27(23)16-34-27)35-25(32)28-21(18(3)4)24(31)30-14-12-29(6)13-15-30/h7-12,23,25-29H,13-21H2,1-6H3,(H,34,38);9,21-27H,7-8,10-19H2,1-6H3,(H,32,36);8,18-23H,9-16H2,1-7H3,(H,28,32)/t25-,26?,27-,28-,29-,32+,33+;23-,24?,25-,26-,27-,30+,31+;19-,20?,21-,22-,23-,26+,27+/m111/s1. The summed E-state index contributed by atoms with van der Waals surface area (Å²) < 4.78 is 72.9. The van der Waals surface area contributed by atoms with Crippen LogP contribution in [0.25, 0.3) is 0 Å². The Hall–Kier alpha value is -5.82. The summed E-state index contributed by atoms with van der Waals surface area (Å²) in [6.45, 7) is 43.3. The molecule has 10 heterocycles. The number of amides is 6. The molecule has 10 aliphatic heterocycles. The predicted octanol–water partition coefficient (Wildman–Crippen LogP) is 10.6. The molecule has 662 valence electrons. The molecule has 27 heteroatoms. The van der Waals surface area contributed by atoms with Crippen molar-refractivity contribution in [3.8, 4) is 0 Å². The molecule has 14 rings (SSSR count). The quantitative estimate of drug-likeness (QED) is 0.0419. The van der Waals surface area contributed by atoms with Crippen LogP contribution in [0.4, 0.5) is 14.4 Å². The number of piperidine rings is 1. The van der Waals surface area contributed by atoms with Gasteiger partial charge in [-0.15, -0.1) is 0 Å². The van der Waals surface area contributed by atoms with Crippen molar-refractivity contribution < 1.29 is 85.6 Å². The average molecular weight is 1650 g/mol. The summed E-state index contributed by atoms with van der Waals surface area (Å²) in [4.78, 5) is 92.7. The highest BCUT2D eigenvalue weighted by Crippen LogP contribution is 2.63. The molecule has 6 amide bonds. The van der Waals surface area contributed by atoms with Crippen molar-refractivity contribution >= 4 is 36.0 Å². The number of carbonyl (C=O) groups excluding carboxylic acids is 6. The van der Waals surface area contributed by atoms with Crippen LogP contribution in [0.15, 0.2) is 65.3 Å². The van der Waals surface area contributed by atoms with Gasteiger partial charge in [0.2, 0.25) is 17.7 Å². The van der Waals surface area contributed by atoms with E-state index in [2.05, 4.69) is 143 Å². The zero-order valence-electron chi connectivity index (χ0n) is 74.6.